The zero-order valence-electron chi connectivity index (χ0n) is 19.5. The first-order valence-electron chi connectivity index (χ1n) is 11.3. The van der Waals surface area contributed by atoms with Crippen LogP contribution in [0.4, 0.5) is 0 Å². The Hall–Kier alpha value is -2.80. The number of carbonyl (C=O) groups excluding carboxylic acids is 2. The maximum atomic E-state index is 13.0. The SMILES string of the molecule is CCOC(=O)C1CCCN(C(=O)c2ccc(CN(Cc3cccc(OC)c3)C(C)C)o2)C1. The summed E-state index contributed by atoms with van der Waals surface area (Å²) in [6, 6.07) is 11.9. The Kier molecular flexibility index (Phi) is 8.33. The monoisotopic (exact) mass is 442 g/mol. The molecule has 2 heterocycles. The normalized spacial score (nSPS) is 16.4. The smallest absolute Gasteiger partial charge is 0.310 e. The number of likely N-dealkylation sites (tertiary alicyclic amines) is 1. The number of furan rings is 1. The lowest BCUT2D eigenvalue weighted by Crippen LogP contribution is -2.42. The molecule has 0 saturated carbocycles. The average Bonchev–Trinajstić information content (AvgIpc) is 3.27. The van der Waals surface area contributed by atoms with Gasteiger partial charge in [0.05, 0.1) is 26.2 Å². The maximum Gasteiger partial charge on any atom is 0.310 e. The highest BCUT2D eigenvalue weighted by molar-refractivity contribution is 5.92. The van der Waals surface area contributed by atoms with E-state index in [1.54, 1.807) is 25.0 Å². The van der Waals surface area contributed by atoms with E-state index in [4.69, 9.17) is 13.9 Å². The largest absolute Gasteiger partial charge is 0.497 e. The number of esters is 1. The molecule has 1 saturated heterocycles. The number of nitrogens with zero attached hydrogens (tertiary/aromatic N) is 2. The Balaban J connectivity index is 1.64. The summed E-state index contributed by atoms with van der Waals surface area (Å²) >= 11 is 0. The van der Waals surface area contributed by atoms with Gasteiger partial charge in [-0.3, -0.25) is 14.5 Å². The van der Waals surface area contributed by atoms with Crippen LogP contribution in [0.25, 0.3) is 0 Å². The molecule has 3 rings (SSSR count). The van der Waals surface area contributed by atoms with Gasteiger partial charge in [0.25, 0.3) is 5.91 Å². The van der Waals surface area contributed by atoms with Crippen molar-refractivity contribution < 1.29 is 23.5 Å². The first-order chi connectivity index (χ1) is 15.4. The molecular formula is C25H34N2O5. The first kappa shape index (κ1) is 23.9. The average molecular weight is 443 g/mol. The van der Waals surface area contributed by atoms with E-state index in [1.165, 1.54) is 0 Å². The molecule has 0 N–H and O–H groups in total. The Morgan fingerprint density at radius 3 is 2.75 bits per heavy atom. The van der Waals surface area contributed by atoms with E-state index in [-0.39, 0.29) is 23.8 Å². The van der Waals surface area contributed by atoms with Crippen molar-refractivity contribution in [3.63, 3.8) is 0 Å². The fourth-order valence-electron chi connectivity index (χ4n) is 3.97. The number of hydrogen-bond donors (Lipinski definition) is 0. The molecule has 0 radical (unpaired) electrons. The van der Waals surface area contributed by atoms with E-state index in [1.807, 2.05) is 24.3 Å². The molecule has 0 bridgehead atoms. The van der Waals surface area contributed by atoms with E-state index in [0.29, 0.717) is 32.0 Å². The topological polar surface area (TPSA) is 72.2 Å². The van der Waals surface area contributed by atoms with Crippen molar-refractivity contribution in [1.29, 1.82) is 0 Å². The highest BCUT2D eigenvalue weighted by atomic mass is 16.5. The van der Waals surface area contributed by atoms with E-state index in [0.717, 1.165) is 36.5 Å². The highest BCUT2D eigenvalue weighted by Crippen LogP contribution is 2.22. The molecule has 1 amide bonds. The number of carbonyl (C=O) groups is 2. The number of amides is 1. The number of ether oxygens (including phenoxy) is 2. The molecule has 2 aromatic rings. The van der Waals surface area contributed by atoms with Gasteiger partial charge >= 0.3 is 5.97 Å². The number of hydrogen-bond acceptors (Lipinski definition) is 6. The quantitative estimate of drug-likeness (QED) is 0.544. The zero-order valence-corrected chi connectivity index (χ0v) is 19.5. The van der Waals surface area contributed by atoms with Crippen molar-refractivity contribution in [3.05, 3.63) is 53.5 Å². The summed E-state index contributed by atoms with van der Waals surface area (Å²) in [6.07, 6.45) is 1.53. The van der Waals surface area contributed by atoms with Crippen LogP contribution in [-0.2, 0) is 22.6 Å². The molecule has 1 atom stereocenters. The van der Waals surface area contributed by atoms with Crippen LogP contribution in [0.15, 0.2) is 40.8 Å². The fraction of sp³-hybridized carbons (Fsp3) is 0.520. The third kappa shape index (κ3) is 6.13. The number of piperidine rings is 1. The summed E-state index contributed by atoms with van der Waals surface area (Å²) in [5.41, 5.74) is 1.15. The van der Waals surface area contributed by atoms with Crippen molar-refractivity contribution in [3.8, 4) is 5.75 Å². The first-order valence-corrected chi connectivity index (χ1v) is 11.3. The second kappa shape index (κ2) is 11.2. The molecule has 1 aromatic carbocycles. The zero-order chi connectivity index (χ0) is 23.1. The molecule has 7 heteroatoms. The lowest BCUT2D eigenvalue weighted by Gasteiger charge is -2.30. The third-order valence-corrected chi connectivity index (χ3v) is 5.81. The van der Waals surface area contributed by atoms with Gasteiger partial charge in [0, 0.05) is 25.7 Å². The summed E-state index contributed by atoms with van der Waals surface area (Å²) in [5, 5.41) is 0. The highest BCUT2D eigenvalue weighted by Gasteiger charge is 2.31. The van der Waals surface area contributed by atoms with E-state index in [9.17, 15) is 9.59 Å². The summed E-state index contributed by atoms with van der Waals surface area (Å²) < 4.78 is 16.4. The van der Waals surface area contributed by atoms with Gasteiger partial charge in [0.2, 0.25) is 0 Å². The lowest BCUT2D eigenvalue weighted by atomic mass is 9.98. The molecule has 1 aromatic heterocycles. The molecule has 1 fully saturated rings. The summed E-state index contributed by atoms with van der Waals surface area (Å²) in [7, 11) is 1.66. The minimum atomic E-state index is -0.263. The van der Waals surface area contributed by atoms with Crippen LogP contribution in [0.2, 0.25) is 0 Å². The molecule has 1 unspecified atom stereocenters. The van der Waals surface area contributed by atoms with Crippen LogP contribution in [0.3, 0.4) is 0 Å². The van der Waals surface area contributed by atoms with Crippen molar-refractivity contribution in [1.82, 2.24) is 9.80 Å². The second-order valence-electron chi connectivity index (χ2n) is 8.46. The molecule has 7 nitrogen and oxygen atoms in total. The summed E-state index contributed by atoms with van der Waals surface area (Å²) in [6.45, 7) is 8.76. The summed E-state index contributed by atoms with van der Waals surface area (Å²) in [5.74, 6) is 1.23. The Morgan fingerprint density at radius 2 is 2.03 bits per heavy atom. The van der Waals surface area contributed by atoms with Crippen LogP contribution in [0, 0.1) is 5.92 Å². The second-order valence-corrected chi connectivity index (χ2v) is 8.46. The minimum absolute atomic E-state index is 0.172. The number of rotatable bonds is 9. The molecule has 174 valence electrons. The van der Waals surface area contributed by atoms with Crippen LogP contribution in [0.5, 0.6) is 5.75 Å². The van der Waals surface area contributed by atoms with E-state index >= 15 is 0 Å². The molecule has 32 heavy (non-hydrogen) atoms. The summed E-state index contributed by atoms with van der Waals surface area (Å²) in [4.78, 5) is 29.0. The third-order valence-electron chi connectivity index (χ3n) is 5.81. The molecule has 1 aliphatic rings. The van der Waals surface area contributed by atoms with Gasteiger partial charge in [-0.2, -0.15) is 0 Å². The van der Waals surface area contributed by atoms with Gasteiger partial charge in [-0.15, -0.1) is 0 Å². The van der Waals surface area contributed by atoms with Crippen LogP contribution in [0.1, 0.15) is 55.5 Å². The van der Waals surface area contributed by atoms with Gasteiger partial charge < -0.3 is 18.8 Å². The Morgan fingerprint density at radius 1 is 1.22 bits per heavy atom. The van der Waals surface area contributed by atoms with Gasteiger partial charge in [-0.05, 0) is 63.4 Å². The molecular weight excluding hydrogens is 408 g/mol. The van der Waals surface area contributed by atoms with E-state index in [2.05, 4.69) is 24.8 Å². The molecule has 0 spiro atoms. The van der Waals surface area contributed by atoms with Gasteiger partial charge in [0.15, 0.2) is 5.76 Å². The van der Waals surface area contributed by atoms with Gasteiger partial charge in [-0.1, -0.05) is 12.1 Å². The Labute approximate surface area is 190 Å². The molecule has 0 aliphatic carbocycles. The van der Waals surface area contributed by atoms with Gasteiger partial charge in [0.1, 0.15) is 11.5 Å². The Bertz CT molecular complexity index is 907. The maximum absolute atomic E-state index is 13.0. The predicted molar refractivity (Wildman–Crippen MR) is 121 cm³/mol. The van der Waals surface area contributed by atoms with Crippen molar-refractivity contribution in [2.75, 3.05) is 26.8 Å². The van der Waals surface area contributed by atoms with Crippen molar-refractivity contribution >= 4 is 11.9 Å². The minimum Gasteiger partial charge on any atom is -0.497 e. The molecule has 1 aliphatic heterocycles. The van der Waals surface area contributed by atoms with Crippen LogP contribution < -0.4 is 4.74 Å². The van der Waals surface area contributed by atoms with E-state index < -0.39 is 0 Å². The van der Waals surface area contributed by atoms with Crippen molar-refractivity contribution in [2.45, 2.75) is 52.7 Å². The number of methoxy groups -OCH3 is 1. The number of benzene rings is 1. The standard InChI is InChI=1S/C25H34N2O5/c1-5-31-25(29)20-9-7-13-26(16-20)24(28)23-12-11-22(32-23)17-27(18(2)3)15-19-8-6-10-21(14-19)30-4/h6,8,10-12,14,18,20H,5,7,9,13,15-17H2,1-4H3. The van der Waals surface area contributed by atoms with Crippen molar-refractivity contribution in [2.24, 2.45) is 5.92 Å². The van der Waals surface area contributed by atoms with Crippen LogP contribution in [-0.4, -0.2) is 54.5 Å². The fourth-order valence-corrected chi connectivity index (χ4v) is 3.97. The predicted octanol–water partition coefficient (Wildman–Crippen LogP) is 4.11. The van der Waals surface area contributed by atoms with Gasteiger partial charge in [-0.25, -0.2) is 0 Å². The lowest BCUT2D eigenvalue weighted by molar-refractivity contribution is -0.149. The van der Waals surface area contributed by atoms with Crippen LogP contribution >= 0.6 is 0 Å².